The van der Waals surface area contributed by atoms with E-state index < -0.39 is 0 Å². The summed E-state index contributed by atoms with van der Waals surface area (Å²) in [5, 5.41) is 0. The second-order valence-corrected chi connectivity index (χ2v) is 5.40. The maximum absolute atomic E-state index is 4.22. The third kappa shape index (κ3) is 2.61. The van der Waals surface area contributed by atoms with E-state index in [4.69, 9.17) is 0 Å². The molecule has 0 unspecified atom stereocenters. The van der Waals surface area contributed by atoms with E-state index in [2.05, 4.69) is 56.9 Å². The summed E-state index contributed by atoms with van der Waals surface area (Å²) < 4.78 is 0. The lowest BCUT2D eigenvalue weighted by molar-refractivity contribution is 0.835. The Bertz CT molecular complexity index is 512. The molecule has 18 heavy (non-hydrogen) atoms. The van der Waals surface area contributed by atoms with Gasteiger partial charge >= 0.3 is 0 Å². The van der Waals surface area contributed by atoms with Gasteiger partial charge in [0.05, 0.1) is 0 Å². The van der Waals surface area contributed by atoms with Crippen LogP contribution in [0.15, 0.2) is 42.7 Å². The third-order valence-electron chi connectivity index (χ3n) is 3.34. The zero-order valence-electron chi connectivity index (χ0n) is 11.6. The van der Waals surface area contributed by atoms with Crippen molar-refractivity contribution in [2.75, 3.05) is 0 Å². The van der Waals surface area contributed by atoms with Gasteiger partial charge in [0.25, 0.3) is 0 Å². The van der Waals surface area contributed by atoms with E-state index in [-0.39, 0.29) is 0 Å². The first-order valence-electron chi connectivity index (χ1n) is 6.64. The van der Waals surface area contributed by atoms with Gasteiger partial charge in [0.1, 0.15) is 0 Å². The lowest BCUT2D eigenvalue weighted by Crippen LogP contribution is -1.96. The van der Waals surface area contributed by atoms with Crippen LogP contribution in [0.25, 0.3) is 11.1 Å². The maximum Gasteiger partial charge on any atom is 0.0346 e. The number of pyridine rings is 1. The molecule has 0 aliphatic rings. The van der Waals surface area contributed by atoms with Crippen molar-refractivity contribution in [1.82, 2.24) is 4.98 Å². The first-order valence-corrected chi connectivity index (χ1v) is 6.64. The van der Waals surface area contributed by atoms with Crippen molar-refractivity contribution in [1.29, 1.82) is 0 Å². The van der Waals surface area contributed by atoms with Crippen LogP contribution in [-0.4, -0.2) is 4.98 Å². The highest BCUT2D eigenvalue weighted by Gasteiger charge is 2.11. The monoisotopic (exact) mass is 239 g/mol. The molecule has 2 rings (SSSR count). The van der Waals surface area contributed by atoms with Crippen LogP contribution in [0.1, 0.15) is 50.7 Å². The van der Waals surface area contributed by atoms with E-state index >= 15 is 0 Å². The highest BCUT2D eigenvalue weighted by Crippen LogP contribution is 2.31. The molecule has 0 saturated heterocycles. The largest absolute Gasteiger partial charge is 0.264 e. The Morgan fingerprint density at radius 1 is 0.944 bits per heavy atom. The second kappa shape index (κ2) is 5.34. The molecule has 0 spiro atoms. The summed E-state index contributed by atoms with van der Waals surface area (Å²) in [5.41, 5.74) is 5.33. The lowest BCUT2D eigenvalue weighted by atomic mass is 9.89. The molecule has 0 aliphatic heterocycles. The maximum atomic E-state index is 4.22. The SMILES string of the molecule is CC(C)c1ccc(-c2cccnc2)c(C(C)C)c1. The summed E-state index contributed by atoms with van der Waals surface area (Å²) in [6.45, 7) is 8.98. The van der Waals surface area contributed by atoms with E-state index in [9.17, 15) is 0 Å². The zero-order chi connectivity index (χ0) is 13.1. The molecular formula is C17H21N. The van der Waals surface area contributed by atoms with Gasteiger partial charge in [-0.2, -0.15) is 0 Å². The van der Waals surface area contributed by atoms with Gasteiger partial charge in [-0.05, 0) is 34.6 Å². The van der Waals surface area contributed by atoms with Gasteiger partial charge in [-0.15, -0.1) is 0 Å². The fourth-order valence-electron chi connectivity index (χ4n) is 2.20. The second-order valence-electron chi connectivity index (χ2n) is 5.40. The summed E-state index contributed by atoms with van der Waals surface area (Å²) in [5.74, 6) is 1.10. The van der Waals surface area contributed by atoms with Gasteiger partial charge in [-0.1, -0.05) is 52.0 Å². The van der Waals surface area contributed by atoms with E-state index in [1.807, 2.05) is 18.5 Å². The molecule has 0 fully saturated rings. The molecule has 1 nitrogen and oxygen atoms in total. The van der Waals surface area contributed by atoms with Crippen molar-refractivity contribution in [2.24, 2.45) is 0 Å². The molecule has 0 saturated carbocycles. The minimum absolute atomic E-state index is 0.527. The molecule has 0 radical (unpaired) electrons. The van der Waals surface area contributed by atoms with Crippen molar-refractivity contribution < 1.29 is 0 Å². The molecule has 1 aromatic carbocycles. The number of benzene rings is 1. The van der Waals surface area contributed by atoms with Crippen LogP contribution in [0.5, 0.6) is 0 Å². The summed E-state index contributed by atoms with van der Waals surface area (Å²) in [6.07, 6.45) is 3.76. The average Bonchev–Trinajstić information content (AvgIpc) is 2.39. The fourth-order valence-corrected chi connectivity index (χ4v) is 2.20. The standard InChI is InChI=1S/C17H21N/c1-12(2)14-7-8-16(17(10-14)13(3)4)15-6-5-9-18-11-15/h5-13H,1-4H3. The molecule has 0 amide bonds. The third-order valence-corrected chi connectivity index (χ3v) is 3.34. The predicted octanol–water partition coefficient (Wildman–Crippen LogP) is 5.00. The average molecular weight is 239 g/mol. The van der Waals surface area contributed by atoms with Crippen LogP contribution >= 0.6 is 0 Å². The Balaban J connectivity index is 2.54. The molecule has 1 aromatic heterocycles. The number of aromatic nitrogens is 1. The van der Waals surface area contributed by atoms with Gasteiger partial charge in [0, 0.05) is 18.0 Å². The molecule has 1 heteroatoms. The van der Waals surface area contributed by atoms with Crippen molar-refractivity contribution in [3.63, 3.8) is 0 Å². The Kier molecular flexibility index (Phi) is 3.81. The molecule has 0 bridgehead atoms. The Hall–Kier alpha value is -1.63. The van der Waals surface area contributed by atoms with Crippen molar-refractivity contribution in [2.45, 2.75) is 39.5 Å². The minimum atomic E-state index is 0.527. The number of rotatable bonds is 3. The summed E-state index contributed by atoms with van der Waals surface area (Å²) in [6, 6.07) is 10.9. The summed E-state index contributed by atoms with van der Waals surface area (Å²) in [7, 11) is 0. The smallest absolute Gasteiger partial charge is 0.0346 e. The van der Waals surface area contributed by atoms with Crippen LogP contribution in [0.3, 0.4) is 0 Å². The quantitative estimate of drug-likeness (QED) is 0.735. The topological polar surface area (TPSA) is 12.9 Å². The van der Waals surface area contributed by atoms with Crippen LogP contribution in [-0.2, 0) is 0 Å². The Morgan fingerprint density at radius 2 is 1.72 bits per heavy atom. The van der Waals surface area contributed by atoms with Gasteiger partial charge in [-0.25, -0.2) is 0 Å². The van der Waals surface area contributed by atoms with E-state index in [1.165, 1.54) is 22.3 Å². The number of nitrogens with zero attached hydrogens (tertiary/aromatic N) is 1. The molecular weight excluding hydrogens is 218 g/mol. The first kappa shape index (κ1) is 12.8. The highest BCUT2D eigenvalue weighted by atomic mass is 14.6. The summed E-state index contributed by atoms with van der Waals surface area (Å²) >= 11 is 0. The van der Waals surface area contributed by atoms with Crippen LogP contribution in [0, 0.1) is 0 Å². The van der Waals surface area contributed by atoms with Crippen molar-refractivity contribution in [3.8, 4) is 11.1 Å². The first-order chi connectivity index (χ1) is 8.59. The Morgan fingerprint density at radius 3 is 2.28 bits per heavy atom. The van der Waals surface area contributed by atoms with Gasteiger partial charge < -0.3 is 0 Å². The van der Waals surface area contributed by atoms with Crippen LogP contribution in [0.2, 0.25) is 0 Å². The zero-order valence-corrected chi connectivity index (χ0v) is 11.6. The number of hydrogen-bond donors (Lipinski definition) is 0. The van der Waals surface area contributed by atoms with Crippen LogP contribution in [0.4, 0.5) is 0 Å². The van der Waals surface area contributed by atoms with E-state index in [1.54, 1.807) is 0 Å². The van der Waals surface area contributed by atoms with Gasteiger partial charge in [-0.3, -0.25) is 4.98 Å². The number of hydrogen-bond acceptors (Lipinski definition) is 1. The van der Waals surface area contributed by atoms with Crippen molar-refractivity contribution in [3.05, 3.63) is 53.9 Å². The summed E-state index contributed by atoms with van der Waals surface area (Å²) in [4.78, 5) is 4.22. The fraction of sp³-hybridized carbons (Fsp3) is 0.353. The molecule has 0 aliphatic carbocycles. The predicted molar refractivity (Wildman–Crippen MR) is 77.9 cm³/mol. The van der Waals surface area contributed by atoms with Crippen molar-refractivity contribution >= 4 is 0 Å². The van der Waals surface area contributed by atoms with Crippen LogP contribution < -0.4 is 0 Å². The Labute approximate surface area is 110 Å². The minimum Gasteiger partial charge on any atom is -0.264 e. The molecule has 0 atom stereocenters. The van der Waals surface area contributed by atoms with E-state index in [0.29, 0.717) is 11.8 Å². The van der Waals surface area contributed by atoms with Gasteiger partial charge in [0.2, 0.25) is 0 Å². The molecule has 0 N–H and O–H groups in total. The van der Waals surface area contributed by atoms with E-state index in [0.717, 1.165) is 0 Å². The highest BCUT2D eigenvalue weighted by molar-refractivity contribution is 5.67. The lowest BCUT2D eigenvalue weighted by Gasteiger charge is -2.16. The van der Waals surface area contributed by atoms with Gasteiger partial charge in [0.15, 0.2) is 0 Å². The molecule has 2 aromatic rings. The molecule has 1 heterocycles. The molecule has 94 valence electrons. The normalized spacial score (nSPS) is 11.2.